The van der Waals surface area contributed by atoms with Crippen molar-refractivity contribution >= 4 is 51.8 Å². The molecule has 1 aromatic heterocycles. The third-order valence-electron chi connectivity index (χ3n) is 3.80. The SMILES string of the molecule is CN=C(NCCNC(=O)c1cccc(Br)c1)N(C)Cc1cccn1C.I. The quantitative estimate of drug-likeness (QED) is 0.260. The molecule has 0 saturated heterocycles. The van der Waals surface area contributed by atoms with E-state index in [1.807, 2.05) is 43.4 Å². The maximum atomic E-state index is 12.1. The number of halogens is 2. The molecule has 0 saturated carbocycles. The monoisotopic (exact) mass is 533 g/mol. The third kappa shape index (κ3) is 6.64. The van der Waals surface area contributed by atoms with Gasteiger partial charge in [0, 0.05) is 56.2 Å². The third-order valence-corrected chi connectivity index (χ3v) is 4.30. The lowest BCUT2D eigenvalue weighted by Crippen LogP contribution is -2.42. The Morgan fingerprint density at radius 3 is 2.58 bits per heavy atom. The number of nitrogens with zero attached hydrogens (tertiary/aromatic N) is 3. The molecule has 142 valence electrons. The Hall–Kier alpha value is -1.55. The van der Waals surface area contributed by atoms with E-state index < -0.39 is 0 Å². The maximum absolute atomic E-state index is 12.1. The van der Waals surface area contributed by atoms with Gasteiger partial charge in [-0.3, -0.25) is 9.79 Å². The fourth-order valence-corrected chi connectivity index (χ4v) is 2.84. The summed E-state index contributed by atoms with van der Waals surface area (Å²) < 4.78 is 2.98. The average Bonchev–Trinajstić information content (AvgIpc) is 2.99. The lowest BCUT2D eigenvalue weighted by atomic mass is 10.2. The molecule has 0 bridgehead atoms. The minimum atomic E-state index is -0.0877. The highest BCUT2D eigenvalue weighted by Crippen LogP contribution is 2.11. The van der Waals surface area contributed by atoms with E-state index in [1.165, 1.54) is 5.69 Å². The van der Waals surface area contributed by atoms with Crippen LogP contribution in [0.15, 0.2) is 52.1 Å². The minimum absolute atomic E-state index is 0. The first-order valence-electron chi connectivity index (χ1n) is 8.07. The number of nitrogens with one attached hydrogen (secondary N) is 2. The Morgan fingerprint density at radius 1 is 1.23 bits per heavy atom. The number of carbonyl (C=O) groups excluding carboxylic acids is 1. The van der Waals surface area contributed by atoms with E-state index in [9.17, 15) is 4.79 Å². The lowest BCUT2D eigenvalue weighted by molar-refractivity contribution is 0.0954. The van der Waals surface area contributed by atoms with E-state index in [0.717, 1.165) is 17.0 Å². The molecule has 0 unspecified atom stereocenters. The number of aliphatic imine (C=N–C) groups is 1. The molecule has 0 atom stereocenters. The molecule has 26 heavy (non-hydrogen) atoms. The van der Waals surface area contributed by atoms with Crippen LogP contribution in [-0.4, -0.2) is 48.5 Å². The fraction of sp³-hybridized carbons (Fsp3) is 0.333. The summed E-state index contributed by atoms with van der Waals surface area (Å²) in [4.78, 5) is 18.4. The zero-order valence-electron chi connectivity index (χ0n) is 15.2. The molecular formula is C18H25BrIN5O. The van der Waals surface area contributed by atoms with E-state index in [4.69, 9.17) is 0 Å². The molecular weight excluding hydrogens is 509 g/mol. The Balaban J connectivity index is 0.00000338. The van der Waals surface area contributed by atoms with Gasteiger partial charge in [-0.05, 0) is 30.3 Å². The molecule has 1 aromatic carbocycles. The van der Waals surface area contributed by atoms with Crippen LogP contribution in [0.3, 0.4) is 0 Å². The van der Waals surface area contributed by atoms with Gasteiger partial charge in [0.25, 0.3) is 5.91 Å². The second-order valence-corrected chi connectivity index (χ2v) is 6.62. The smallest absolute Gasteiger partial charge is 0.251 e. The molecule has 6 nitrogen and oxygen atoms in total. The van der Waals surface area contributed by atoms with Gasteiger partial charge >= 0.3 is 0 Å². The number of guanidine groups is 1. The van der Waals surface area contributed by atoms with Gasteiger partial charge in [0.2, 0.25) is 0 Å². The number of hydrogen-bond donors (Lipinski definition) is 2. The zero-order chi connectivity index (χ0) is 18.2. The normalized spacial score (nSPS) is 10.8. The summed E-state index contributed by atoms with van der Waals surface area (Å²) in [5.74, 6) is 0.702. The van der Waals surface area contributed by atoms with Crippen molar-refractivity contribution in [3.8, 4) is 0 Å². The van der Waals surface area contributed by atoms with Gasteiger partial charge in [-0.15, -0.1) is 24.0 Å². The maximum Gasteiger partial charge on any atom is 0.251 e. The molecule has 2 rings (SSSR count). The van der Waals surface area contributed by atoms with Crippen molar-refractivity contribution in [2.45, 2.75) is 6.54 Å². The molecule has 0 spiro atoms. The molecule has 1 amide bonds. The predicted octanol–water partition coefficient (Wildman–Crippen LogP) is 2.84. The molecule has 0 aliphatic rings. The van der Waals surface area contributed by atoms with Gasteiger partial charge < -0.3 is 20.1 Å². The standard InChI is InChI=1S/C18H24BrN5O.HI/c1-20-18(24(3)13-16-8-5-11-23(16)2)22-10-9-21-17(25)14-6-4-7-15(19)12-14;/h4-8,11-12H,9-10,13H2,1-3H3,(H,20,22)(H,21,25);1H. The summed E-state index contributed by atoms with van der Waals surface area (Å²) in [6, 6.07) is 11.4. The topological polar surface area (TPSA) is 61.7 Å². The number of aromatic nitrogens is 1. The molecule has 0 radical (unpaired) electrons. The minimum Gasteiger partial charge on any atom is -0.354 e. The van der Waals surface area contributed by atoms with Crippen molar-refractivity contribution in [3.05, 3.63) is 58.3 Å². The van der Waals surface area contributed by atoms with Crippen LogP contribution < -0.4 is 10.6 Å². The highest BCUT2D eigenvalue weighted by molar-refractivity contribution is 14.0. The summed E-state index contributed by atoms with van der Waals surface area (Å²) in [7, 11) is 5.77. The number of benzene rings is 1. The molecule has 1 heterocycles. The number of carbonyl (C=O) groups is 1. The molecule has 2 N–H and O–H groups in total. The second-order valence-electron chi connectivity index (χ2n) is 5.71. The first kappa shape index (κ1) is 22.5. The van der Waals surface area contributed by atoms with Gasteiger partial charge in [-0.1, -0.05) is 22.0 Å². The summed E-state index contributed by atoms with van der Waals surface area (Å²) in [6.45, 7) is 1.87. The van der Waals surface area contributed by atoms with Gasteiger partial charge in [-0.25, -0.2) is 0 Å². The van der Waals surface area contributed by atoms with Crippen LogP contribution in [-0.2, 0) is 13.6 Å². The van der Waals surface area contributed by atoms with Crippen molar-refractivity contribution in [2.75, 3.05) is 27.2 Å². The van der Waals surface area contributed by atoms with Crippen LogP contribution in [0.25, 0.3) is 0 Å². The molecule has 0 aliphatic carbocycles. The van der Waals surface area contributed by atoms with Crippen LogP contribution in [0.2, 0.25) is 0 Å². The summed E-state index contributed by atoms with van der Waals surface area (Å²) in [5, 5.41) is 6.16. The Bertz CT molecular complexity index is 747. The lowest BCUT2D eigenvalue weighted by Gasteiger charge is -2.22. The fourth-order valence-electron chi connectivity index (χ4n) is 2.45. The van der Waals surface area contributed by atoms with Gasteiger partial charge in [0.05, 0.1) is 6.54 Å². The molecule has 8 heteroatoms. The van der Waals surface area contributed by atoms with Crippen molar-refractivity contribution in [2.24, 2.45) is 12.0 Å². The van der Waals surface area contributed by atoms with Crippen molar-refractivity contribution < 1.29 is 4.79 Å². The number of amides is 1. The first-order chi connectivity index (χ1) is 12.0. The molecule has 2 aromatic rings. The summed E-state index contributed by atoms with van der Waals surface area (Å²) in [5.41, 5.74) is 1.84. The summed E-state index contributed by atoms with van der Waals surface area (Å²) >= 11 is 3.37. The van der Waals surface area contributed by atoms with E-state index in [2.05, 4.69) is 42.2 Å². The van der Waals surface area contributed by atoms with Crippen LogP contribution in [0, 0.1) is 0 Å². The molecule has 0 fully saturated rings. The Kier molecular flexibility index (Phi) is 9.71. The van der Waals surface area contributed by atoms with Crippen molar-refractivity contribution in [3.63, 3.8) is 0 Å². The average molecular weight is 534 g/mol. The van der Waals surface area contributed by atoms with Crippen LogP contribution >= 0.6 is 39.9 Å². The Labute approximate surface area is 180 Å². The van der Waals surface area contributed by atoms with Gasteiger partial charge in [-0.2, -0.15) is 0 Å². The molecule has 0 aliphatic heterocycles. The van der Waals surface area contributed by atoms with E-state index in [0.29, 0.717) is 18.7 Å². The first-order valence-corrected chi connectivity index (χ1v) is 8.86. The van der Waals surface area contributed by atoms with Crippen molar-refractivity contribution in [1.29, 1.82) is 0 Å². The van der Waals surface area contributed by atoms with Crippen molar-refractivity contribution in [1.82, 2.24) is 20.1 Å². The number of aryl methyl sites for hydroxylation is 1. The number of hydrogen-bond acceptors (Lipinski definition) is 2. The largest absolute Gasteiger partial charge is 0.354 e. The van der Waals surface area contributed by atoms with E-state index in [1.54, 1.807) is 19.2 Å². The van der Waals surface area contributed by atoms with Gasteiger partial charge in [0.15, 0.2) is 5.96 Å². The predicted molar refractivity (Wildman–Crippen MR) is 120 cm³/mol. The second kappa shape index (κ2) is 11.2. The van der Waals surface area contributed by atoms with Crippen LogP contribution in [0.1, 0.15) is 16.1 Å². The van der Waals surface area contributed by atoms with E-state index in [-0.39, 0.29) is 29.9 Å². The van der Waals surface area contributed by atoms with Gasteiger partial charge in [0.1, 0.15) is 0 Å². The zero-order valence-corrected chi connectivity index (χ0v) is 19.1. The highest BCUT2D eigenvalue weighted by atomic mass is 127. The summed E-state index contributed by atoms with van der Waals surface area (Å²) in [6.07, 6.45) is 2.02. The van der Waals surface area contributed by atoms with Crippen LogP contribution in [0.4, 0.5) is 0 Å². The Morgan fingerprint density at radius 2 is 1.96 bits per heavy atom. The number of rotatable bonds is 6. The van der Waals surface area contributed by atoms with Crippen LogP contribution in [0.5, 0.6) is 0 Å². The highest BCUT2D eigenvalue weighted by Gasteiger charge is 2.09. The van der Waals surface area contributed by atoms with E-state index >= 15 is 0 Å².